The Kier molecular flexibility index (Phi) is 6.54. The van der Waals surface area contributed by atoms with Gasteiger partial charge in [-0.25, -0.2) is 0 Å². The van der Waals surface area contributed by atoms with E-state index in [1.165, 1.54) is 0 Å². The monoisotopic (exact) mass is 286 g/mol. The number of carbonyl (C=O) groups is 1. The van der Waals surface area contributed by atoms with E-state index in [4.69, 9.17) is 0 Å². The summed E-state index contributed by atoms with van der Waals surface area (Å²) in [5.41, 5.74) is 0. The molecule has 0 unspecified atom stereocenters. The highest BCUT2D eigenvalue weighted by Crippen LogP contribution is 2.17. The third-order valence-corrected chi connectivity index (χ3v) is 3.82. The topological polar surface area (TPSA) is 32.3 Å². The van der Waals surface area contributed by atoms with Crippen LogP contribution >= 0.6 is 24.2 Å². The van der Waals surface area contributed by atoms with E-state index in [0.29, 0.717) is 11.8 Å². The van der Waals surface area contributed by atoms with Crippen molar-refractivity contribution in [1.29, 1.82) is 0 Å². The summed E-state index contributed by atoms with van der Waals surface area (Å²) >= 11 is 1.61. The van der Waals surface area contributed by atoms with Crippen LogP contribution in [-0.2, 0) is 4.79 Å². The van der Waals surface area contributed by atoms with Crippen molar-refractivity contribution in [2.24, 2.45) is 0 Å². The summed E-state index contributed by atoms with van der Waals surface area (Å²) in [5, 5.41) is 3.34. The first-order valence-corrected chi connectivity index (χ1v) is 6.93. The molecule has 1 heterocycles. The van der Waals surface area contributed by atoms with Gasteiger partial charge in [0.25, 0.3) is 0 Å². The van der Waals surface area contributed by atoms with E-state index in [2.05, 4.69) is 12.2 Å². The smallest absolute Gasteiger partial charge is 0.233 e. The Bertz CT molecular complexity index is 375. The number of hydrogen-bond donors (Lipinski definition) is 1. The minimum absolute atomic E-state index is 0. The van der Waals surface area contributed by atoms with Crippen LogP contribution in [0.4, 0.5) is 0 Å². The molecule has 1 aliphatic rings. The minimum Gasteiger partial charge on any atom is -0.339 e. The van der Waals surface area contributed by atoms with Crippen LogP contribution in [0.2, 0.25) is 0 Å². The predicted molar refractivity (Wildman–Crippen MR) is 78.5 cm³/mol. The standard InChI is InChI=1S/C13H18N2OS.ClH/c1-11-9-15(8-7-14-11)13(16)10-17-12-5-3-2-4-6-12;/h2-6,11,14H,7-10H2,1H3;1H/t11-;/m0./s1. The molecule has 0 spiro atoms. The third kappa shape index (κ3) is 4.52. The zero-order chi connectivity index (χ0) is 12.1. The van der Waals surface area contributed by atoms with Gasteiger partial charge >= 0.3 is 0 Å². The first-order chi connectivity index (χ1) is 8.25. The second-order valence-electron chi connectivity index (χ2n) is 4.30. The largest absolute Gasteiger partial charge is 0.339 e. The molecule has 1 atom stereocenters. The van der Waals surface area contributed by atoms with Crippen LogP contribution in [0.3, 0.4) is 0 Å². The number of halogens is 1. The van der Waals surface area contributed by atoms with Crippen LogP contribution < -0.4 is 5.32 Å². The summed E-state index contributed by atoms with van der Waals surface area (Å²) in [6.45, 7) is 4.68. The fourth-order valence-electron chi connectivity index (χ4n) is 1.91. The second-order valence-corrected chi connectivity index (χ2v) is 5.35. The molecule has 100 valence electrons. The van der Waals surface area contributed by atoms with E-state index in [9.17, 15) is 4.79 Å². The van der Waals surface area contributed by atoms with E-state index < -0.39 is 0 Å². The van der Waals surface area contributed by atoms with Crippen LogP contribution in [0, 0.1) is 0 Å². The van der Waals surface area contributed by atoms with Gasteiger partial charge in [0, 0.05) is 30.6 Å². The summed E-state index contributed by atoms with van der Waals surface area (Å²) in [7, 11) is 0. The molecule has 0 saturated carbocycles. The van der Waals surface area contributed by atoms with E-state index in [1.54, 1.807) is 11.8 Å². The second kappa shape index (κ2) is 7.67. The number of benzene rings is 1. The molecule has 1 saturated heterocycles. The Morgan fingerprint density at radius 3 is 2.83 bits per heavy atom. The van der Waals surface area contributed by atoms with Crippen molar-refractivity contribution in [3.05, 3.63) is 30.3 Å². The highest BCUT2D eigenvalue weighted by atomic mass is 35.5. The lowest BCUT2D eigenvalue weighted by atomic mass is 10.2. The maximum atomic E-state index is 12.0. The number of amides is 1. The Hall–Kier alpha value is -0.710. The van der Waals surface area contributed by atoms with E-state index in [1.807, 2.05) is 35.2 Å². The Labute approximate surface area is 119 Å². The summed E-state index contributed by atoms with van der Waals surface area (Å²) in [6, 6.07) is 10.5. The number of hydrogen-bond acceptors (Lipinski definition) is 3. The molecule has 1 aromatic rings. The Morgan fingerprint density at radius 2 is 2.17 bits per heavy atom. The molecule has 18 heavy (non-hydrogen) atoms. The lowest BCUT2D eigenvalue weighted by Crippen LogP contribution is -2.51. The highest BCUT2D eigenvalue weighted by molar-refractivity contribution is 8.00. The fourth-order valence-corrected chi connectivity index (χ4v) is 2.73. The Balaban J connectivity index is 0.00000162. The van der Waals surface area contributed by atoms with Gasteiger partial charge in [-0.2, -0.15) is 0 Å². The van der Waals surface area contributed by atoms with Crippen LogP contribution in [-0.4, -0.2) is 42.2 Å². The fraction of sp³-hybridized carbons (Fsp3) is 0.462. The summed E-state index contributed by atoms with van der Waals surface area (Å²) < 4.78 is 0. The maximum Gasteiger partial charge on any atom is 0.233 e. The number of nitrogens with zero attached hydrogens (tertiary/aromatic N) is 1. The highest BCUT2D eigenvalue weighted by Gasteiger charge is 2.19. The molecular formula is C13H19ClN2OS. The van der Waals surface area contributed by atoms with Crippen molar-refractivity contribution in [2.45, 2.75) is 17.9 Å². The SMILES string of the molecule is C[C@H]1CN(C(=O)CSc2ccccc2)CCN1.Cl. The van der Waals surface area contributed by atoms with Crippen molar-refractivity contribution in [2.75, 3.05) is 25.4 Å². The molecule has 3 nitrogen and oxygen atoms in total. The molecule has 1 aromatic carbocycles. The summed E-state index contributed by atoms with van der Waals surface area (Å²) in [6.07, 6.45) is 0. The molecule has 1 fully saturated rings. The van der Waals surface area contributed by atoms with Crippen molar-refractivity contribution < 1.29 is 4.79 Å². The van der Waals surface area contributed by atoms with Crippen molar-refractivity contribution >= 4 is 30.1 Å². The van der Waals surface area contributed by atoms with Crippen LogP contribution in [0.25, 0.3) is 0 Å². The maximum absolute atomic E-state index is 12.0. The van der Waals surface area contributed by atoms with Gasteiger partial charge < -0.3 is 10.2 Å². The molecule has 0 aliphatic carbocycles. The van der Waals surface area contributed by atoms with Gasteiger partial charge in [-0.1, -0.05) is 18.2 Å². The molecule has 1 amide bonds. The predicted octanol–water partition coefficient (Wildman–Crippen LogP) is 2.02. The molecule has 5 heteroatoms. The third-order valence-electron chi connectivity index (χ3n) is 2.83. The molecular weight excluding hydrogens is 268 g/mol. The minimum atomic E-state index is 0. The van der Waals surface area contributed by atoms with Gasteiger partial charge in [0.05, 0.1) is 5.75 Å². The number of thioether (sulfide) groups is 1. The lowest BCUT2D eigenvalue weighted by Gasteiger charge is -2.31. The molecule has 0 radical (unpaired) electrons. The molecule has 0 aromatic heterocycles. The number of rotatable bonds is 3. The summed E-state index contributed by atoms with van der Waals surface area (Å²) in [4.78, 5) is 15.1. The van der Waals surface area contributed by atoms with Gasteiger partial charge in [0.2, 0.25) is 5.91 Å². The Morgan fingerprint density at radius 1 is 1.44 bits per heavy atom. The number of piperazine rings is 1. The van der Waals surface area contributed by atoms with E-state index in [0.717, 1.165) is 24.5 Å². The van der Waals surface area contributed by atoms with Crippen LogP contribution in [0.15, 0.2) is 35.2 Å². The van der Waals surface area contributed by atoms with Gasteiger partial charge in [-0.15, -0.1) is 24.2 Å². The first kappa shape index (κ1) is 15.3. The molecule has 1 aliphatic heterocycles. The molecule has 2 rings (SSSR count). The normalized spacial score (nSPS) is 19.2. The summed E-state index contributed by atoms with van der Waals surface area (Å²) in [5.74, 6) is 0.781. The number of nitrogens with one attached hydrogen (secondary N) is 1. The van der Waals surface area contributed by atoms with E-state index >= 15 is 0 Å². The number of carbonyl (C=O) groups excluding carboxylic acids is 1. The van der Waals surface area contributed by atoms with Crippen molar-refractivity contribution in [3.63, 3.8) is 0 Å². The van der Waals surface area contributed by atoms with Gasteiger partial charge in [0.1, 0.15) is 0 Å². The van der Waals surface area contributed by atoms with Gasteiger partial charge in [-0.3, -0.25) is 4.79 Å². The van der Waals surface area contributed by atoms with Crippen molar-refractivity contribution in [3.8, 4) is 0 Å². The first-order valence-electron chi connectivity index (χ1n) is 5.95. The van der Waals surface area contributed by atoms with Crippen molar-refractivity contribution in [1.82, 2.24) is 10.2 Å². The zero-order valence-corrected chi connectivity index (χ0v) is 12.1. The molecule has 1 N–H and O–H groups in total. The average molecular weight is 287 g/mol. The lowest BCUT2D eigenvalue weighted by molar-refractivity contribution is -0.129. The molecule has 0 bridgehead atoms. The quantitative estimate of drug-likeness (QED) is 0.863. The average Bonchev–Trinajstić information content (AvgIpc) is 2.37. The van der Waals surface area contributed by atoms with Crippen LogP contribution in [0.1, 0.15) is 6.92 Å². The van der Waals surface area contributed by atoms with E-state index in [-0.39, 0.29) is 18.3 Å². The zero-order valence-electron chi connectivity index (χ0n) is 10.5. The van der Waals surface area contributed by atoms with Crippen LogP contribution in [0.5, 0.6) is 0 Å². The van der Waals surface area contributed by atoms with Gasteiger partial charge in [-0.05, 0) is 19.1 Å². The van der Waals surface area contributed by atoms with Gasteiger partial charge in [0.15, 0.2) is 0 Å².